The van der Waals surface area contributed by atoms with Crippen LogP contribution in [-0.2, 0) is 6.42 Å². The van der Waals surface area contributed by atoms with Crippen LogP contribution in [0.15, 0.2) is 34.7 Å². The summed E-state index contributed by atoms with van der Waals surface area (Å²) in [4.78, 5) is 19.4. The molecule has 0 unspecified atom stereocenters. The minimum absolute atomic E-state index is 0.176. The van der Waals surface area contributed by atoms with Gasteiger partial charge in [0.25, 0.3) is 5.91 Å². The van der Waals surface area contributed by atoms with Crippen LogP contribution in [0.4, 0.5) is 0 Å². The van der Waals surface area contributed by atoms with E-state index in [9.17, 15) is 4.79 Å². The molecule has 0 bridgehead atoms. The topological polar surface area (TPSA) is 58.4 Å². The molecule has 0 radical (unpaired) electrons. The number of nitrogens with zero attached hydrogens (tertiary/aromatic N) is 2. The Morgan fingerprint density at radius 2 is 1.88 bits per heavy atom. The molecule has 1 aliphatic rings. The highest BCUT2D eigenvalue weighted by atomic mass is 16.4. The molecule has 1 N–H and O–H groups in total. The minimum Gasteiger partial charge on any atom is -0.435 e. The summed E-state index contributed by atoms with van der Waals surface area (Å²) in [7, 11) is 0. The standard InChI is InChI=1S/C21H29N3O2/c1-3-19-23-16(2)20(26-19)21(25)22-15-18(17-11-7-6-8-12-17)24-13-9-4-5-10-14-24/h6-8,11-12,18H,3-5,9-10,13-15H2,1-2H3,(H,22,25)/t18-/m1/s1. The van der Waals surface area contributed by atoms with Crippen LogP contribution in [0.1, 0.15) is 66.4 Å². The van der Waals surface area contributed by atoms with Gasteiger partial charge in [-0.25, -0.2) is 4.98 Å². The summed E-state index contributed by atoms with van der Waals surface area (Å²) >= 11 is 0. The van der Waals surface area contributed by atoms with Gasteiger partial charge in [0.2, 0.25) is 5.76 Å². The monoisotopic (exact) mass is 355 g/mol. The van der Waals surface area contributed by atoms with Gasteiger partial charge in [-0.2, -0.15) is 0 Å². The first-order chi connectivity index (χ1) is 12.7. The summed E-state index contributed by atoms with van der Waals surface area (Å²) in [6.07, 6.45) is 5.72. The first-order valence-electron chi connectivity index (χ1n) is 9.72. The molecule has 1 atom stereocenters. The second-order valence-corrected chi connectivity index (χ2v) is 6.96. The maximum absolute atomic E-state index is 12.6. The Bertz CT molecular complexity index is 703. The molecule has 1 amide bonds. The summed E-state index contributed by atoms with van der Waals surface area (Å²) in [5.74, 6) is 0.773. The molecule has 5 heteroatoms. The number of hydrogen-bond donors (Lipinski definition) is 1. The van der Waals surface area contributed by atoms with Gasteiger partial charge in [0.05, 0.1) is 11.7 Å². The minimum atomic E-state index is -0.176. The fraction of sp³-hybridized carbons (Fsp3) is 0.524. The van der Waals surface area contributed by atoms with Crippen LogP contribution in [0.25, 0.3) is 0 Å². The number of oxazole rings is 1. The molecule has 2 aromatic rings. The fourth-order valence-electron chi connectivity index (χ4n) is 3.62. The average Bonchev–Trinajstić information content (AvgIpc) is 2.86. The first-order valence-corrected chi connectivity index (χ1v) is 9.72. The van der Waals surface area contributed by atoms with E-state index in [1.54, 1.807) is 0 Å². The van der Waals surface area contributed by atoms with Crippen LogP contribution in [0.2, 0.25) is 0 Å². The first kappa shape index (κ1) is 18.6. The lowest BCUT2D eigenvalue weighted by Crippen LogP contribution is -2.38. The van der Waals surface area contributed by atoms with E-state index in [1.807, 2.05) is 19.9 Å². The molecule has 2 heterocycles. The molecular formula is C21H29N3O2. The van der Waals surface area contributed by atoms with Crippen LogP contribution in [0.5, 0.6) is 0 Å². The van der Waals surface area contributed by atoms with Gasteiger partial charge in [0.1, 0.15) is 0 Å². The van der Waals surface area contributed by atoms with Crippen molar-refractivity contribution in [2.75, 3.05) is 19.6 Å². The van der Waals surface area contributed by atoms with Crippen molar-refractivity contribution in [1.29, 1.82) is 0 Å². The molecule has 1 aromatic carbocycles. The zero-order valence-corrected chi connectivity index (χ0v) is 15.8. The number of hydrogen-bond acceptors (Lipinski definition) is 4. The van der Waals surface area contributed by atoms with E-state index < -0.39 is 0 Å². The molecule has 5 nitrogen and oxygen atoms in total. The largest absolute Gasteiger partial charge is 0.435 e. The maximum Gasteiger partial charge on any atom is 0.289 e. The Kier molecular flexibility index (Phi) is 6.45. The van der Waals surface area contributed by atoms with Gasteiger partial charge in [0.15, 0.2) is 5.89 Å². The van der Waals surface area contributed by atoms with Crippen LogP contribution in [0, 0.1) is 6.92 Å². The van der Waals surface area contributed by atoms with E-state index in [0.717, 1.165) is 13.1 Å². The Labute approximate surface area is 155 Å². The van der Waals surface area contributed by atoms with Gasteiger partial charge in [-0.3, -0.25) is 9.69 Å². The highest BCUT2D eigenvalue weighted by Gasteiger charge is 2.24. The lowest BCUT2D eigenvalue weighted by Gasteiger charge is -2.31. The van der Waals surface area contributed by atoms with E-state index in [1.165, 1.54) is 31.2 Å². The molecule has 1 saturated heterocycles. The van der Waals surface area contributed by atoms with Gasteiger partial charge in [0, 0.05) is 13.0 Å². The van der Waals surface area contributed by atoms with Crippen molar-refractivity contribution >= 4 is 5.91 Å². The second kappa shape index (κ2) is 8.99. The van der Waals surface area contributed by atoms with Crippen LogP contribution < -0.4 is 5.32 Å². The van der Waals surface area contributed by atoms with Crippen molar-refractivity contribution < 1.29 is 9.21 Å². The van der Waals surface area contributed by atoms with Crippen molar-refractivity contribution in [3.05, 3.63) is 53.2 Å². The van der Waals surface area contributed by atoms with Gasteiger partial charge in [-0.05, 0) is 38.4 Å². The van der Waals surface area contributed by atoms with E-state index in [4.69, 9.17) is 4.42 Å². The van der Waals surface area contributed by atoms with Gasteiger partial charge in [-0.15, -0.1) is 0 Å². The van der Waals surface area contributed by atoms with Crippen LogP contribution in [0.3, 0.4) is 0 Å². The van der Waals surface area contributed by atoms with Gasteiger partial charge in [-0.1, -0.05) is 50.1 Å². The van der Waals surface area contributed by atoms with Crippen molar-refractivity contribution in [2.45, 2.75) is 52.0 Å². The van der Waals surface area contributed by atoms with E-state index in [2.05, 4.69) is 39.5 Å². The molecule has 1 aliphatic heterocycles. The van der Waals surface area contributed by atoms with E-state index >= 15 is 0 Å². The molecule has 1 aromatic heterocycles. The lowest BCUT2D eigenvalue weighted by molar-refractivity contribution is 0.0903. The number of rotatable bonds is 6. The molecule has 140 valence electrons. The third-order valence-corrected chi connectivity index (χ3v) is 5.07. The Balaban J connectivity index is 1.72. The molecule has 0 aliphatic carbocycles. The Hall–Kier alpha value is -2.14. The predicted molar refractivity (Wildman–Crippen MR) is 102 cm³/mol. The SMILES string of the molecule is CCc1nc(C)c(C(=O)NC[C@H](c2ccccc2)N2CCCCCC2)o1. The second-order valence-electron chi connectivity index (χ2n) is 6.96. The molecular weight excluding hydrogens is 326 g/mol. The Morgan fingerprint density at radius 3 is 2.50 bits per heavy atom. The molecule has 0 spiro atoms. The average molecular weight is 355 g/mol. The number of aromatic nitrogens is 1. The van der Waals surface area contributed by atoms with E-state index in [-0.39, 0.29) is 11.9 Å². The zero-order chi connectivity index (χ0) is 18.4. The molecule has 3 rings (SSSR count). The van der Waals surface area contributed by atoms with Crippen molar-refractivity contribution in [1.82, 2.24) is 15.2 Å². The van der Waals surface area contributed by atoms with E-state index in [0.29, 0.717) is 30.3 Å². The fourth-order valence-corrected chi connectivity index (χ4v) is 3.62. The number of benzene rings is 1. The summed E-state index contributed by atoms with van der Waals surface area (Å²) in [6, 6.07) is 10.7. The normalized spacial score (nSPS) is 16.8. The Morgan fingerprint density at radius 1 is 1.19 bits per heavy atom. The summed E-state index contributed by atoms with van der Waals surface area (Å²) in [6.45, 7) is 6.52. The number of amides is 1. The van der Waals surface area contributed by atoms with Crippen molar-refractivity contribution in [3.63, 3.8) is 0 Å². The maximum atomic E-state index is 12.6. The number of likely N-dealkylation sites (tertiary alicyclic amines) is 1. The zero-order valence-electron chi connectivity index (χ0n) is 15.8. The van der Waals surface area contributed by atoms with Crippen LogP contribution in [-0.4, -0.2) is 35.4 Å². The number of aryl methyl sites for hydroxylation is 2. The predicted octanol–water partition coefficient (Wildman–Crippen LogP) is 3.89. The quantitative estimate of drug-likeness (QED) is 0.854. The van der Waals surface area contributed by atoms with Crippen molar-refractivity contribution in [3.8, 4) is 0 Å². The lowest BCUT2D eigenvalue weighted by atomic mass is 10.0. The summed E-state index contributed by atoms with van der Waals surface area (Å²) < 4.78 is 5.59. The van der Waals surface area contributed by atoms with Crippen LogP contribution >= 0.6 is 0 Å². The smallest absolute Gasteiger partial charge is 0.289 e. The molecule has 26 heavy (non-hydrogen) atoms. The number of nitrogens with one attached hydrogen (secondary N) is 1. The molecule has 0 saturated carbocycles. The van der Waals surface area contributed by atoms with Gasteiger partial charge < -0.3 is 9.73 Å². The van der Waals surface area contributed by atoms with Crippen molar-refractivity contribution in [2.24, 2.45) is 0 Å². The third-order valence-electron chi connectivity index (χ3n) is 5.07. The molecule has 1 fully saturated rings. The van der Waals surface area contributed by atoms with Gasteiger partial charge >= 0.3 is 0 Å². The number of carbonyl (C=O) groups excluding carboxylic acids is 1. The number of carbonyl (C=O) groups is 1. The summed E-state index contributed by atoms with van der Waals surface area (Å²) in [5.41, 5.74) is 1.91. The highest BCUT2D eigenvalue weighted by molar-refractivity contribution is 5.92. The highest BCUT2D eigenvalue weighted by Crippen LogP contribution is 2.24. The third kappa shape index (κ3) is 4.52. The summed E-state index contributed by atoms with van der Waals surface area (Å²) in [5, 5.41) is 3.08.